The number of hydrogen-bond donors (Lipinski definition) is 1. The fourth-order valence-electron chi connectivity index (χ4n) is 2.39. The van der Waals surface area contributed by atoms with Crippen LogP contribution in [0.5, 0.6) is 0 Å². The van der Waals surface area contributed by atoms with Gasteiger partial charge in [-0.1, -0.05) is 30.1 Å². The van der Waals surface area contributed by atoms with Crippen LogP contribution in [-0.4, -0.2) is 50.3 Å². The van der Waals surface area contributed by atoms with Gasteiger partial charge in [0.25, 0.3) is 0 Å². The molecule has 1 fully saturated rings. The van der Waals surface area contributed by atoms with Crippen molar-refractivity contribution in [2.24, 2.45) is 5.73 Å². The summed E-state index contributed by atoms with van der Waals surface area (Å²) in [5, 5.41) is 0.514. The monoisotopic (exact) mass is 351 g/mol. The summed E-state index contributed by atoms with van der Waals surface area (Å²) in [6.07, 6.45) is 0. The SMILES string of the molecule is CCN1CCN(S(=O)(=O)c2ccc(Cl)c(CN)c2Cl)CC1. The molecule has 1 aliphatic rings. The fraction of sp³-hybridized carbons (Fsp3) is 0.538. The van der Waals surface area contributed by atoms with E-state index in [1.807, 2.05) is 0 Å². The van der Waals surface area contributed by atoms with E-state index in [0.29, 0.717) is 23.7 Å². The number of sulfonamides is 1. The molecule has 0 unspecified atom stereocenters. The summed E-state index contributed by atoms with van der Waals surface area (Å²) in [5.74, 6) is 0. The molecule has 8 heteroatoms. The van der Waals surface area contributed by atoms with Crippen LogP contribution < -0.4 is 5.73 Å². The summed E-state index contributed by atoms with van der Waals surface area (Å²) < 4.78 is 26.9. The number of benzene rings is 1. The van der Waals surface area contributed by atoms with Gasteiger partial charge in [-0.15, -0.1) is 0 Å². The Bertz CT molecular complexity index is 614. The first-order chi connectivity index (χ1) is 9.91. The van der Waals surface area contributed by atoms with E-state index in [9.17, 15) is 8.42 Å². The van der Waals surface area contributed by atoms with Crippen LogP contribution in [0.15, 0.2) is 17.0 Å². The van der Waals surface area contributed by atoms with Crippen LogP contribution in [0.4, 0.5) is 0 Å². The number of nitrogens with zero attached hydrogens (tertiary/aromatic N) is 2. The Hall–Kier alpha value is -0.370. The van der Waals surface area contributed by atoms with E-state index >= 15 is 0 Å². The second-order valence-electron chi connectivity index (χ2n) is 4.88. The highest BCUT2D eigenvalue weighted by Gasteiger charge is 2.30. The van der Waals surface area contributed by atoms with E-state index in [4.69, 9.17) is 28.9 Å². The number of halogens is 2. The molecule has 0 saturated carbocycles. The van der Waals surface area contributed by atoms with Crippen LogP contribution in [-0.2, 0) is 16.6 Å². The third-order valence-corrected chi connectivity index (χ3v) is 6.59. The topological polar surface area (TPSA) is 66.6 Å². The van der Waals surface area contributed by atoms with Crippen LogP contribution in [0, 0.1) is 0 Å². The first kappa shape index (κ1) is 17.0. The van der Waals surface area contributed by atoms with E-state index in [-0.39, 0.29) is 16.5 Å². The Balaban J connectivity index is 2.33. The molecule has 1 saturated heterocycles. The normalized spacial score (nSPS) is 18.1. The molecule has 0 bridgehead atoms. The maximum absolute atomic E-state index is 12.7. The van der Waals surface area contributed by atoms with E-state index < -0.39 is 10.0 Å². The van der Waals surface area contributed by atoms with Gasteiger partial charge in [0.1, 0.15) is 4.90 Å². The van der Waals surface area contributed by atoms with Crippen LogP contribution in [0.3, 0.4) is 0 Å². The van der Waals surface area contributed by atoms with Crippen molar-refractivity contribution in [2.45, 2.75) is 18.4 Å². The number of rotatable bonds is 4. The van der Waals surface area contributed by atoms with Crippen molar-refractivity contribution in [2.75, 3.05) is 32.7 Å². The van der Waals surface area contributed by atoms with Crippen LogP contribution in [0.25, 0.3) is 0 Å². The van der Waals surface area contributed by atoms with E-state index in [1.165, 1.54) is 16.4 Å². The highest BCUT2D eigenvalue weighted by molar-refractivity contribution is 7.89. The van der Waals surface area contributed by atoms with Crippen LogP contribution >= 0.6 is 23.2 Å². The second kappa shape index (κ2) is 6.81. The number of hydrogen-bond acceptors (Lipinski definition) is 4. The molecule has 0 amide bonds. The quantitative estimate of drug-likeness (QED) is 0.897. The Labute approximate surface area is 135 Å². The minimum Gasteiger partial charge on any atom is -0.326 e. The predicted molar refractivity (Wildman–Crippen MR) is 85.2 cm³/mol. The van der Waals surface area contributed by atoms with Gasteiger partial charge in [-0.25, -0.2) is 8.42 Å². The standard InChI is InChI=1S/C13H19Cl2N3O2S/c1-2-17-5-7-18(8-6-17)21(19,20)12-4-3-11(14)10(9-16)13(12)15/h3-4H,2,5-9,16H2,1H3. The van der Waals surface area contributed by atoms with Gasteiger partial charge in [-0.2, -0.15) is 4.31 Å². The van der Waals surface area contributed by atoms with Gasteiger partial charge in [-0.05, 0) is 18.7 Å². The Kier molecular flexibility index (Phi) is 5.51. The first-order valence-corrected chi connectivity index (χ1v) is 9.00. The largest absolute Gasteiger partial charge is 0.326 e. The smallest absolute Gasteiger partial charge is 0.244 e. The van der Waals surface area contributed by atoms with Gasteiger partial charge in [0, 0.05) is 43.3 Å². The lowest BCUT2D eigenvalue weighted by Gasteiger charge is -2.33. The lowest BCUT2D eigenvalue weighted by atomic mass is 10.2. The molecule has 0 aliphatic carbocycles. The van der Waals surface area contributed by atoms with Gasteiger partial charge in [0.15, 0.2) is 0 Å². The third-order valence-electron chi connectivity index (χ3n) is 3.75. The predicted octanol–water partition coefficient (Wildman–Crippen LogP) is 1.78. The van der Waals surface area contributed by atoms with E-state index in [2.05, 4.69) is 11.8 Å². The molecular weight excluding hydrogens is 333 g/mol. The molecule has 0 atom stereocenters. The van der Waals surface area contributed by atoms with Gasteiger partial charge < -0.3 is 10.6 Å². The molecular formula is C13H19Cl2N3O2S. The lowest BCUT2D eigenvalue weighted by molar-refractivity contribution is 0.196. The Morgan fingerprint density at radius 3 is 2.33 bits per heavy atom. The van der Waals surface area contributed by atoms with Gasteiger partial charge in [0.2, 0.25) is 10.0 Å². The van der Waals surface area contributed by atoms with Crippen molar-refractivity contribution in [3.05, 3.63) is 27.7 Å². The highest BCUT2D eigenvalue weighted by Crippen LogP contribution is 2.32. The lowest BCUT2D eigenvalue weighted by Crippen LogP contribution is -2.48. The molecule has 0 radical (unpaired) electrons. The summed E-state index contributed by atoms with van der Waals surface area (Å²) in [6, 6.07) is 2.98. The molecule has 0 aromatic heterocycles. The molecule has 118 valence electrons. The molecule has 5 nitrogen and oxygen atoms in total. The molecule has 1 aliphatic heterocycles. The van der Waals surface area contributed by atoms with Gasteiger partial charge in [0.05, 0.1) is 5.02 Å². The average Bonchev–Trinajstić information content (AvgIpc) is 2.47. The summed E-state index contributed by atoms with van der Waals surface area (Å²) in [6.45, 7) is 5.47. The molecule has 0 spiro atoms. The summed E-state index contributed by atoms with van der Waals surface area (Å²) in [4.78, 5) is 2.29. The number of piperazine rings is 1. The molecule has 1 aromatic carbocycles. The zero-order valence-electron chi connectivity index (χ0n) is 11.8. The van der Waals surface area contributed by atoms with Crippen molar-refractivity contribution in [1.82, 2.24) is 9.21 Å². The minimum atomic E-state index is -3.61. The summed E-state index contributed by atoms with van der Waals surface area (Å²) in [5.41, 5.74) is 6.06. The van der Waals surface area contributed by atoms with E-state index in [0.717, 1.165) is 19.6 Å². The van der Waals surface area contributed by atoms with Crippen LogP contribution in [0.1, 0.15) is 12.5 Å². The highest BCUT2D eigenvalue weighted by atomic mass is 35.5. The number of likely N-dealkylation sites (N-methyl/N-ethyl adjacent to an activating group) is 1. The van der Waals surface area contributed by atoms with Crippen molar-refractivity contribution in [3.63, 3.8) is 0 Å². The average molecular weight is 352 g/mol. The van der Waals surface area contributed by atoms with Crippen molar-refractivity contribution < 1.29 is 8.42 Å². The maximum Gasteiger partial charge on any atom is 0.244 e. The molecule has 1 heterocycles. The maximum atomic E-state index is 12.7. The zero-order valence-corrected chi connectivity index (χ0v) is 14.2. The summed E-state index contributed by atoms with van der Waals surface area (Å²) in [7, 11) is -3.61. The molecule has 2 N–H and O–H groups in total. The molecule has 1 aromatic rings. The molecule has 2 rings (SSSR count). The fourth-order valence-corrected chi connectivity index (χ4v) is 4.72. The van der Waals surface area contributed by atoms with Crippen LogP contribution in [0.2, 0.25) is 10.0 Å². The molecule has 21 heavy (non-hydrogen) atoms. The Morgan fingerprint density at radius 1 is 1.19 bits per heavy atom. The Morgan fingerprint density at radius 2 is 1.81 bits per heavy atom. The van der Waals surface area contributed by atoms with E-state index in [1.54, 1.807) is 0 Å². The summed E-state index contributed by atoms with van der Waals surface area (Å²) >= 11 is 12.2. The van der Waals surface area contributed by atoms with Crippen molar-refractivity contribution >= 4 is 33.2 Å². The zero-order chi connectivity index (χ0) is 15.6. The third kappa shape index (κ3) is 3.36. The first-order valence-electron chi connectivity index (χ1n) is 6.81. The van der Waals surface area contributed by atoms with Crippen molar-refractivity contribution in [3.8, 4) is 0 Å². The number of nitrogens with two attached hydrogens (primary N) is 1. The van der Waals surface area contributed by atoms with Crippen molar-refractivity contribution in [1.29, 1.82) is 0 Å². The second-order valence-corrected chi connectivity index (χ2v) is 7.57. The minimum absolute atomic E-state index is 0.0824. The van der Waals surface area contributed by atoms with Gasteiger partial charge in [-0.3, -0.25) is 0 Å². The van der Waals surface area contributed by atoms with Gasteiger partial charge >= 0.3 is 0 Å².